The summed E-state index contributed by atoms with van der Waals surface area (Å²) < 4.78 is 28.2. The maximum Gasteiger partial charge on any atom is 0.192 e. The second kappa shape index (κ2) is 4.74. The highest BCUT2D eigenvalue weighted by Crippen LogP contribution is 2.27. The maximum absolute atomic E-state index is 11.6. The second-order valence-electron chi connectivity index (χ2n) is 3.95. The Bertz CT molecular complexity index is 640. The molecule has 0 spiro atoms. The Kier molecular flexibility index (Phi) is 3.45. The molecule has 0 bridgehead atoms. The third kappa shape index (κ3) is 2.28. The molecule has 0 unspecified atom stereocenters. The Balaban J connectivity index is 2.46. The summed E-state index contributed by atoms with van der Waals surface area (Å²) in [4.78, 5) is 0.216. The van der Waals surface area contributed by atoms with Crippen LogP contribution in [0.2, 0.25) is 0 Å². The molecule has 1 aromatic carbocycles. The summed E-state index contributed by atoms with van der Waals surface area (Å²) in [5.41, 5.74) is 2.55. The van der Waals surface area contributed by atoms with Crippen LogP contribution in [0.5, 0.6) is 0 Å². The number of aromatic nitrogens is 1. The van der Waals surface area contributed by atoms with Crippen LogP contribution in [-0.2, 0) is 9.84 Å². The number of aryl methyl sites for hydroxylation is 2. The predicted molar refractivity (Wildman–Crippen MR) is 69.3 cm³/mol. The van der Waals surface area contributed by atoms with Gasteiger partial charge in [0, 0.05) is 5.56 Å². The number of nitrogens with zero attached hydrogens (tertiary/aromatic N) is 1. The molecule has 1 aromatic heterocycles. The molecule has 0 amide bonds. The number of rotatable bonds is 3. The van der Waals surface area contributed by atoms with Crippen LogP contribution in [-0.4, -0.2) is 18.8 Å². The van der Waals surface area contributed by atoms with E-state index in [0.29, 0.717) is 5.76 Å². The van der Waals surface area contributed by atoms with E-state index in [1.807, 2.05) is 13.8 Å². The van der Waals surface area contributed by atoms with Crippen molar-refractivity contribution in [2.75, 3.05) is 5.21 Å². The third-order valence-corrected chi connectivity index (χ3v) is 4.82. The van der Waals surface area contributed by atoms with E-state index >= 15 is 0 Å². The Morgan fingerprint density at radius 3 is 2.28 bits per heavy atom. The van der Waals surface area contributed by atoms with Crippen LogP contribution in [0.1, 0.15) is 11.5 Å². The van der Waals surface area contributed by atoms with E-state index in [0.717, 1.165) is 16.8 Å². The summed E-state index contributed by atoms with van der Waals surface area (Å²) >= 11 is 5.40. The van der Waals surface area contributed by atoms with Crippen LogP contribution in [0, 0.1) is 13.8 Å². The highest BCUT2D eigenvalue weighted by molar-refractivity contribution is 7.92. The van der Waals surface area contributed by atoms with E-state index in [1.54, 1.807) is 24.3 Å². The van der Waals surface area contributed by atoms with Gasteiger partial charge >= 0.3 is 0 Å². The van der Waals surface area contributed by atoms with Crippen molar-refractivity contribution in [3.63, 3.8) is 0 Å². The van der Waals surface area contributed by atoms with E-state index < -0.39 is 15.0 Å². The molecule has 2 rings (SSSR count). The van der Waals surface area contributed by atoms with Gasteiger partial charge in [-0.15, -0.1) is 11.6 Å². The van der Waals surface area contributed by atoms with Crippen molar-refractivity contribution in [3.05, 3.63) is 35.7 Å². The van der Waals surface area contributed by atoms with Crippen LogP contribution in [0.25, 0.3) is 11.1 Å². The minimum Gasteiger partial charge on any atom is -0.361 e. The fraction of sp³-hybridized carbons (Fsp3) is 0.250. The lowest BCUT2D eigenvalue weighted by atomic mass is 10.0. The SMILES string of the molecule is Cc1noc(C)c1-c1ccc(S(=O)(=O)CCl)cc1. The van der Waals surface area contributed by atoms with Crippen LogP contribution < -0.4 is 0 Å². The molecule has 6 heteroatoms. The van der Waals surface area contributed by atoms with Gasteiger partial charge in [0.05, 0.1) is 10.6 Å². The van der Waals surface area contributed by atoms with E-state index in [-0.39, 0.29) is 4.90 Å². The number of benzene rings is 1. The molecule has 96 valence electrons. The van der Waals surface area contributed by atoms with Gasteiger partial charge in [-0.25, -0.2) is 8.42 Å². The predicted octanol–water partition coefficient (Wildman–Crippen LogP) is 2.93. The lowest BCUT2D eigenvalue weighted by Gasteiger charge is -2.03. The first-order valence-electron chi connectivity index (χ1n) is 5.28. The van der Waals surface area contributed by atoms with Crippen LogP contribution in [0.4, 0.5) is 0 Å². The van der Waals surface area contributed by atoms with Crippen LogP contribution in [0.3, 0.4) is 0 Å². The molecule has 0 aliphatic heterocycles. The van der Waals surface area contributed by atoms with Gasteiger partial charge in [0.25, 0.3) is 0 Å². The summed E-state index contributed by atoms with van der Waals surface area (Å²) in [6.07, 6.45) is 0. The smallest absolute Gasteiger partial charge is 0.192 e. The summed E-state index contributed by atoms with van der Waals surface area (Å²) in [5.74, 6) is 0.709. The zero-order valence-electron chi connectivity index (χ0n) is 9.97. The average Bonchev–Trinajstić information content (AvgIpc) is 2.69. The van der Waals surface area contributed by atoms with E-state index in [9.17, 15) is 8.42 Å². The zero-order chi connectivity index (χ0) is 13.3. The summed E-state index contributed by atoms with van der Waals surface area (Å²) in [6.45, 7) is 3.66. The number of sulfone groups is 1. The Morgan fingerprint density at radius 2 is 1.83 bits per heavy atom. The Hall–Kier alpha value is -1.33. The standard InChI is InChI=1S/C12H12ClNO3S/c1-8-12(9(2)17-14-8)10-3-5-11(6-4-10)18(15,16)7-13/h3-6H,7H2,1-2H3. The highest BCUT2D eigenvalue weighted by Gasteiger charge is 2.15. The lowest BCUT2D eigenvalue weighted by molar-refractivity contribution is 0.393. The first-order valence-corrected chi connectivity index (χ1v) is 7.46. The van der Waals surface area contributed by atoms with E-state index in [1.165, 1.54) is 0 Å². The largest absolute Gasteiger partial charge is 0.361 e. The number of alkyl halides is 1. The van der Waals surface area contributed by atoms with Gasteiger partial charge in [0.15, 0.2) is 9.84 Å². The first-order chi connectivity index (χ1) is 8.45. The third-order valence-electron chi connectivity index (χ3n) is 2.68. The maximum atomic E-state index is 11.6. The number of hydrogen-bond acceptors (Lipinski definition) is 4. The summed E-state index contributed by atoms with van der Waals surface area (Å²) in [6, 6.07) is 6.54. The van der Waals surface area contributed by atoms with Gasteiger partial charge < -0.3 is 4.52 Å². The molecule has 18 heavy (non-hydrogen) atoms. The van der Waals surface area contributed by atoms with E-state index in [2.05, 4.69) is 5.16 Å². The molecule has 0 aliphatic carbocycles. The molecule has 4 nitrogen and oxygen atoms in total. The summed E-state index contributed by atoms with van der Waals surface area (Å²) in [5, 5.41) is 3.45. The number of hydrogen-bond donors (Lipinski definition) is 0. The molecule has 1 heterocycles. The molecule has 0 saturated heterocycles. The molecule has 0 N–H and O–H groups in total. The Labute approximate surface area is 110 Å². The minimum absolute atomic E-state index is 0.216. The molecule has 0 atom stereocenters. The molecule has 0 aliphatic rings. The van der Waals surface area contributed by atoms with Gasteiger partial charge in [0.1, 0.15) is 11.0 Å². The fourth-order valence-electron chi connectivity index (χ4n) is 1.79. The molecule has 0 radical (unpaired) electrons. The summed E-state index contributed by atoms with van der Waals surface area (Å²) in [7, 11) is -3.38. The molecule has 0 fully saturated rings. The molecule has 0 saturated carbocycles. The van der Waals surface area contributed by atoms with Crippen molar-refractivity contribution >= 4 is 21.4 Å². The van der Waals surface area contributed by atoms with Gasteiger partial charge in [-0.1, -0.05) is 17.3 Å². The second-order valence-corrected chi connectivity index (χ2v) is 6.52. The van der Waals surface area contributed by atoms with Crippen molar-refractivity contribution in [2.24, 2.45) is 0 Å². The Morgan fingerprint density at radius 1 is 1.22 bits per heavy atom. The van der Waals surface area contributed by atoms with Crippen LogP contribution in [0.15, 0.2) is 33.7 Å². The monoisotopic (exact) mass is 285 g/mol. The average molecular weight is 286 g/mol. The minimum atomic E-state index is -3.38. The molecular weight excluding hydrogens is 274 g/mol. The lowest BCUT2D eigenvalue weighted by Crippen LogP contribution is -2.01. The highest BCUT2D eigenvalue weighted by atomic mass is 35.5. The van der Waals surface area contributed by atoms with Gasteiger partial charge in [-0.3, -0.25) is 0 Å². The van der Waals surface area contributed by atoms with Crippen LogP contribution >= 0.6 is 11.6 Å². The van der Waals surface area contributed by atoms with Gasteiger partial charge in [0.2, 0.25) is 0 Å². The van der Waals surface area contributed by atoms with Crippen molar-refractivity contribution in [2.45, 2.75) is 18.7 Å². The normalized spacial score (nSPS) is 11.7. The topological polar surface area (TPSA) is 60.2 Å². The van der Waals surface area contributed by atoms with Gasteiger partial charge in [-0.05, 0) is 31.5 Å². The first kappa shape index (κ1) is 13.1. The van der Waals surface area contributed by atoms with Gasteiger partial charge in [-0.2, -0.15) is 0 Å². The number of halogens is 1. The fourth-order valence-corrected chi connectivity index (χ4v) is 2.84. The zero-order valence-corrected chi connectivity index (χ0v) is 11.5. The van der Waals surface area contributed by atoms with Crippen molar-refractivity contribution in [1.29, 1.82) is 0 Å². The molecule has 2 aromatic rings. The van der Waals surface area contributed by atoms with Crippen molar-refractivity contribution < 1.29 is 12.9 Å². The molecular formula is C12H12ClNO3S. The quantitative estimate of drug-likeness (QED) is 0.814. The van der Waals surface area contributed by atoms with E-state index in [4.69, 9.17) is 16.1 Å². The van der Waals surface area contributed by atoms with Crippen molar-refractivity contribution in [1.82, 2.24) is 5.16 Å². The van der Waals surface area contributed by atoms with Crippen molar-refractivity contribution in [3.8, 4) is 11.1 Å².